The van der Waals surface area contributed by atoms with Gasteiger partial charge in [-0.15, -0.1) is 0 Å². The predicted molar refractivity (Wildman–Crippen MR) is 149 cm³/mol. The lowest BCUT2D eigenvalue weighted by molar-refractivity contribution is -0.138. The van der Waals surface area contributed by atoms with Crippen molar-refractivity contribution in [2.45, 2.75) is 47.0 Å². The number of nitrogens with zero attached hydrogens (tertiary/aromatic N) is 2. The summed E-state index contributed by atoms with van der Waals surface area (Å²) >= 11 is 1.27. The Morgan fingerprint density at radius 1 is 1.08 bits per heavy atom. The van der Waals surface area contributed by atoms with Crippen LogP contribution in [0.3, 0.4) is 0 Å². The molecule has 0 fully saturated rings. The van der Waals surface area contributed by atoms with E-state index in [1.807, 2.05) is 36.4 Å². The Hall–Kier alpha value is -3.51. The first kappa shape index (κ1) is 25.6. The molecule has 0 atom stereocenters. The van der Waals surface area contributed by atoms with E-state index in [1.54, 1.807) is 6.92 Å². The van der Waals surface area contributed by atoms with Crippen molar-refractivity contribution in [2.75, 3.05) is 6.61 Å². The molecule has 4 rings (SSSR count). The highest BCUT2D eigenvalue weighted by Gasteiger charge is 2.33. The minimum Gasteiger partial charge on any atom is -0.506 e. The molecule has 1 aromatic heterocycles. The highest BCUT2D eigenvalue weighted by molar-refractivity contribution is 8.18. The Morgan fingerprint density at radius 3 is 2.36 bits per heavy atom. The summed E-state index contributed by atoms with van der Waals surface area (Å²) < 4.78 is 7.42. The van der Waals surface area contributed by atoms with E-state index in [1.165, 1.54) is 17.3 Å². The molecule has 1 aliphatic heterocycles. The maximum absolute atomic E-state index is 12.7. The molecular formula is C30H32N2O3S. The largest absolute Gasteiger partial charge is 0.506 e. The Balaban J connectivity index is 1.74. The Morgan fingerprint density at radius 2 is 1.75 bits per heavy atom. The van der Waals surface area contributed by atoms with Gasteiger partial charge in [-0.2, -0.15) is 0 Å². The van der Waals surface area contributed by atoms with Gasteiger partial charge in [-0.05, 0) is 73.7 Å². The van der Waals surface area contributed by atoms with Crippen LogP contribution in [0.25, 0.3) is 11.8 Å². The quantitative estimate of drug-likeness (QED) is 0.367. The normalized spacial score (nSPS) is 16.3. The van der Waals surface area contributed by atoms with E-state index in [-0.39, 0.29) is 23.4 Å². The number of benzene rings is 2. The SMILES string of the molecule is CCOC(=O)C1=C(O)/C(=C/c2cc(C)n(-c3ccc(C(C)(C)C)cc3)c2C)SC1=Nc1ccccc1. The third-order valence-corrected chi connectivity index (χ3v) is 7.13. The highest BCUT2D eigenvalue weighted by Crippen LogP contribution is 2.41. The smallest absolute Gasteiger partial charge is 0.344 e. The lowest BCUT2D eigenvalue weighted by Crippen LogP contribution is -2.12. The summed E-state index contributed by atoms with van der Waals surface area (Å²) in [5, 5.41) is 11.5. The number of carbonyl (C=O) groups excluding carboxylic acids is 1. The van der Waals surface area contributed by atoms with Crippen molar-refractivity contribution in [1.82, 2.24) is 4.57 Å². The van der Waals surface area contributed by atoms with Crippen LogP contribution in [0.1, 0.15) is 50.2 Å². The molecule has 0 aliphatic carbocycles. The predicted octanol–water partition coefficient (Wildman–Crippen LogP) is 7.58. The van der Waals surface area contributed by atoms with Crippen molar-refractivity contribution >= 4 is 34.5 Å². The van der Waals surface area contributed by atoms with Crippen molar-refractivity contribution in [1.29, 1.82) is 0 Å². The van der Waals surface area contributed by atoms with Crippen molar-refractivity contribution in [3.8, 4) is 5.69 Å². The molecule has 3 aromatic rings. The number of hydrogen-bond donors (Lipinski definition) is 1. The topological polar surface area (TPSA) is 63.8 Å². The molecule has 5 nitrogen and oxygen atoms in total. The van der Waals surface area contributed by atoms with Gasteiger partial charge in [-0.1, -0.05) is 62.9 Å². The number of ether oxygens (including phenoxy) is 1. The second-order valence-electron chi connectivity index (χ2n) is 9.77. The molecular weight excluding hydrogens is 468 g/mol. The van der Waals surface area contributed by atoms with Gasteiger partial charge in [0, 0.05) is 17.1 Å². The molecule has 0 saturated heterocycles. The van der Waals surface area contributed by atoms with Gasteiger partial charge in [0.1, 0.15) is 16.4 Å². The number of rotatable bonds is 5. The molecule has 0 amide bonds. The summed E-state index contributed by atoms with van der Waals surface area (Å²) in [6.07, 6.45) is 1.91. The molecule has 0 spiro atoms. The molecule has 0 bridgehead atoms. The van der Waals surface area contributed by atoms with Crippen LogP contribution in [0.4, 0.5) is 5.69 Å². The van der Waals surface area contributed by atoms with Crippen LogP contribution in [-0.2, 0) is 14.9 Å². The van der Waals surface area contributed by atoms with Crippen molar-refractivity contribution in [2.24, 2.45) is 4.99 Å². The number of aromatic nitrogens is 1. The Bertz CT molecular complexity index is 1370. The van der Waals surface area contributed by atoms with Crippen LogP contribution in [0, 0.1) is 13.8 Å². The molecule has 0 unspecified atom stereocenters. The van der Waals surface area contributed by atoms with Crippen molar-refractivity contribution in [3.63, 3.8) is 0 Å². The third kappa shape index (κ3) is 5.19. The minimum atomic E-state index is -0.579. The fourth-order valence-electron chi connectivity index (χ4n) is 4.19. The van der Waals surface area contributed by atoms with E-state index in [0.29, 0.717) is 15.6 Å². The summed E-state index contributed by atoms with van der Waals surface area (Å²) in [6, 6.07) is 20.1. The lowest BCUT2D eigenvalue weighted by atomic mass is 9.87. The average molecular weight is 501 g/mol. The number of aliphatic imine (C=N–C) groups is 1. The summed E-state index contributed by atoms with van der Waals surface area (Å²) in [4.78, 5) is 17.9. The molecule has 2 heterocycles. The zero-order valence-corrected chi connectivity index (χ0v) is 22.4. The van der Waals surface area contributed by atoms with E-state index < -0.39 is 5.97 Å². The number of aliphatic hydroxyl groups excluding tert-OH is 1. The van der Waals surface area contributed by atoms with Crippen LogP contribution < -0.4 is 0 Å². The Labute approximate surface area is 217 Å². The first-order valence-corrected chi connectivity index (χ1v) is 12.9. The van der Waals surface area contributed by atoms with E-state index in [9.17, 15) is 9.90 Å². The zero-order chi connectivity index (χ0) is 26.0. The molecule has 1 aliphatic rings. The molecule has 1 N–H and O–H groups in total. The second-order valence-corrected chi connectivity index (χ2v) is 10.8. The second kappa shape index (κ2) is 10.2. The van der Waals surface area contributed by atoms with Crippen LogP contribution in [0.15, 0.2) is 81.9 Å². The fraction of sp³-hybridized carbons (Fsp3) is 0.267. The zero-order valence-electron chi connectivity index (χ0n) is 21.6. The standard InChI is InChI=1S/C30H32N2O3S/c1-7-35-29(34)26-27(33)25(36-28(26)31-23-11-9-8-10-12-23)18-21-17-19(2)32(20(21)3)24-15-13-22(14-16-24)30(4,5)6/h8-18,33H,7H2,1-6H3/b25-18-,31-28?. The summed E-state index contributed by atoms with van der Waals surface area (Å²) in [5.41, 5.74) is 6.35. The van der Waals surface area contributed by atoms with Gasteiger partial charge in [0.25, 0.3) is 0 Å². The van der Waals surface area contributed by atoms with Crippen molar-refractivity contribution < 1.29 is 14.6 Å². The maximum Gasteiger partial charge on any atom is 0.344 e. The first-order valence-electron chi connectivity index (χ1n) is 12.0. The van der Waals surface area contributed by atoms with E-state index in [0.717, 1.165) is 22.6 Å². The molecule has 0 radical (unpaired) electrons. The molecule has 186 valence electrons. The summed E-state index contributed by atoms with van der Waals surface area (Å²) in [7, 11) is 0. The molecule has 6 heteroatoms. The van der Waals surface area contributed by atoms with Gasteiger partial charge in [-0.25, -0.2) is 9.79 Å². The van der Waals surface area contributed by atoms with Gasteiger partial charge < -0.3 is 14.4 Å². The average Bonchev–Trinajstić information content (AvgIpc) is 3.28. The van der Waals surface area contributed by atoms with E-state index in [2.05, 4.69) is 74.5 Å². The number of para-hydroxylation sites is 1. The lowest BCUT2D eigenvalue weighted by Gasteiger charge is -2.20. The molecule has 0 saturated carbocycles. The Kier molecular flexibility index (Phi) is 7.27. The van der Waals surface area contributed by atoms with Crippen LogP contribution >= 0.6 is 11.8 Å². The number of thioether (sulfide) groups is 1. The van der Waals surface area contributed by atoms with Gasteiger partial charge >= 0.3 is 5.97 Å². The van der Waals surface area contributed by atoms with Gasteiger partial charge in [0.2, 0.25) is 0 Å². The van der Waals surface area contributed by atoms with E-state index in [4.69, 9.17) is 4.74 Å². The summed E-state index contributed by atoms with van der Waals surface area (Å²) in [5.74, 6) is -0.683. The number of carbonyl (C=O) groups is 1. The van der Waals surface area contributed by atoms with Gasteiger partial charge in [-0.3, -0.25) is 0 Å². The van der Waals surface area contributed by atoms with Crippen molar-refractivity contribution in [3.05, 3.63) is 99.4 Å². The fourth-order valence-corrected chi connectivity index (χ4v) is 5.22. The van der Waals surface area contributed by atoms with Crippen LogP contribution in [0.2, 0.25) is 0 Å². The minimum absolute atomic E-state index is 0.0914. The number of esters is 1. The number of aliphatic hydroxyl groups is 1. The number of hydrogen-bond acceptors (Lipinski definition) is 5. The molecule has 36 heavy (non-hydrogen) atoms. The van der Waals surface area contributed by atoms with Crippen LogP contribution in [0.5, 0.6) is 0 Å². The monoisotopic (exact) mass is 500 g/mol. The molecule has 2 aromatic carbocycles. The van der Waals surface area contributed by atoms with Gasteiger partial charge in [0.05, 0.1) is 17.2 Å². The summed E-state index contributed by atoms with van der Waals surface area (Å²) in [6.45, 7) is 12.7. The number of aryl methyl sites for hydroxylation is 1. The third-order valence-electron chi connectivity index (χ3n) is 6.11. The van der Waals surface area contributed by atoms with E-state index >= 15 is 0 Å². The maximum atomic E-state index is 12.7. The highest BCUT2D eigenvalue weighted by atomic mass is 32.2. The van der Waals surface area contributed by atoms with Gasteiger partial charge in [0.15, 0.2) is 0 Å². The van der Waals surface area contributed by atoms with Crippen LogP contribution in [-0.4, -0.2) is 27.3 Å². The first-order chi connectivity index (χ1) is 17.1.